The Balaban J connectivity index is 1.51. The Morgan fingerprint density at radius 2 is 1.90 bits per heavy atom. The maximum atomic E-state index is 16.3. The summed E-state index contributed by atoms with van der Waals surface area (Å²) in [5, 5.41) is 7.82. The Morgan fingerprint density at radius 3 is 2.65 bits per heavy atom. The van der Waals surface area contributed by atoms with Crippen LogP contribution < -0.4 is 4.74 Å². The second kappa shape index (κ2) is 13.2. The first-order valence-corrected chi connectivity index (χ1v) is 17.5. The summed E-state index contributed by atoms with van der Waals surface area (Å²) in [7, 11) is 5.16. The van der Waals surface area contributed by atoms with Crippen molar-refractivity contribution in [3.05, 3.63) is 83.1 Å². The van der Waals surface area contributed by atoms with Gasteiger partial charge in [0.15, 0.2) is 0 Å². The van der Waals surface area contributed by atoms with Crippen molar-refractivity contribution in [2.24, 2.45) is 7.05 Å². The Hall–Kier alpha value is -5.14. The number of rotatable bonds is 8. The lowest BCUT2D eigenvalue weighted by Gasteiger charge is -2.37. The first kappa shape index (κ1) is 34.3. The van der Waals surface area contributed by atoms with Crippen molar-refractivity contribution >= 4 is 55.9 Å². The molecule has 2 amide bonds. The van der Waals surface area contributed by atoms with E-state index in [1.165, 1.54) is 22.3 Å². The number of carbonyl (C=O) groups excluding carboxylic acids is 2. The summed E-state index contributed by atoms with van der Waals surface area (Å²) in [6, 6.07) is 8.93. The summed E-state index contributed by atoms with van der Waals surface area (Å²) in [5.41, 5.74) is 4.43. The van der Waals surface area contributed by atoms with Gasteiger partial charge in [-0.25, -0.2) is 18.7 Å². The van der Waals surface area contributed by atoms with Crippen LogP contribution in [0.3, 0.4) is 0 Å². The molecule has 4 aromatic heterocycles. The van der Waals surface area contributed by atoms with Gasteiger partial charge in [0.25, 0.3) is 0 Å². The highest BCUT2D eigenvalue weighted by Gasteiger charge is 2.37. The quantitative estimate of drug-likeness (QED) is 0.148. The summed E-state index contributed by atoms with van der Waals surface area (Å²) in [6.07, 6.45) is 3.00. The fourth-order valence-electron chi connectivity index (χ4n) is 6.67. The Bertz CT molecular complexity index is 2380. The van der Waals surface area contributed by atoms with Crippen molar-refractivity contribution in [2.75, 3.05) is 27.2 Å². The first-order chi connectivity index (χ1) is 24.4. The number of pyridine rings is 1. The van der Waals surface area contributed by atoms with Crippen LogP contribution in [0.2, 0.25) is 5.02 Å². The molecule has 6 aromatic rings. The van der Waals surface area contributed by atoms with Crippen molar-refractivity contribution in [1.82, 2.24) is 34.1 Å². The molecule has 2 atom stereocenters. The fraction of sp³-hybridized carbons (Fsp3) is 0.270. The third-order valence-corrected chi connectivity index (χ3v) is 10.6. The number of halogens is 3. The number of imidazole rings is 1. The molecule has 0 saturated carbocycles. The molecule has 0 bridgehead atoms. The fourth-order valence-corrected chi connectivity index (χ4v) is 7.99. The molecule has 7 rings (SSSR count). The molecule has 262 valence electrons. The van der Waals surface area contributed by atoms with Gasteiger partial charge in [-0.15, -0.1) is 11.3 Å². The molecule has 0 radical (unpaired) electrons. The smallest absolute Gasteiger partial charge is 0.246 e. The van der Waals surface area contributed by atoms with Gasteiger partial charge in [-0.3, -0.25) is 14.3 Å². The van der Waals surface area contributed by atoms with E-state index >= 15 is 4.39 Å². The Labute approximate surface area is 301 Å². The number of nitrogens with zero attached hydrogens (tertiary/aromatic N) is 7. The van der Waals surface area contributed by atoms with Crippen LogP contribution in [0.4, 0.5) is 8.78 Å². The van der Waals surface area contributed by atoms with Gasteiger partial charge >= 0.3 is 0 Å². The summed E-state index contributed by atoms with van der Waals surface area (Å²) < 4.78 is 41.5. The van der Waals surface area contributed by atoms with Gasteiger partial charge in [0.1, 0.15) is 28.8 Å². The van der Waals surface area contributed by atoms with Gasteiger partial charge in [-0.2, -0.15) is 5.10 Å². The number of amides is 2. The number of hydrogen-bond acceptors (Lipinski definition) is 7. The predicted molar refractivity (Wildman–Crippen MR) is 195 cm³/mol. The summed E-state index contributed by atoms with van der Waals surface area (Å²) in [4.78, 5) is 38.0. The SMILES string of the molecule is C=CC(=O)N1C[C@H](C)n2nc(-c3nc(-c4ccc5c(c4)ncn5C)c4ccsc4c3-c3c(F)cc(F)cc3OCCC(=O)N(C)C)c(Cl)c2[C@H]1C. The van der Waals surface area contributed by atoms with E-state index < -0.39 is 17.7 Å². The van der Waals surface area contributed by atoms with Crippen LogP contribution in [0, 0.1) is 11.6 Å². The number of ether oxygens (including phenoxy) is 1. The second-order valence-corrected chi connectivity index (χ2v) is 14.1. The van der Waals surface area contributed by atoms with E-state index in [4.69, 9.17) is 26.4 Å². The van der Waals surface area contributed by atoms with Crippen molar-refractivity contribution < 1.29 is 23.1 Å². The number of aryl methyl sites for hydroxylation is 1. The molecule has 0 unspecified atom stereocenters. The van der Waals surface area contributed by atoms with Crippen LogP contribution in [0.5, 0.6) is 5.75 Å². The van der Waals surface area contributed by atoms with Crippen molar-refractivity contribution in [3.8, 4) is 39.5 Å². The van der Waals surface area contributed by atoms with Crippen LogP contribution in [0.15, 0.2) is 60.8 Å². The number of aromatic nitrogens is 5. The number of carbonyl (C=O) groups is 2. The zero-order valence-electron chi connectivity index (χ0n) is 28.6. The third-order valence-electron chi connectivity index (χ3n) is 9.26. The van der Waals surface area contributed by atoms with E-state index in [0.29, 0.717) is 28.2 Å². The van der Waals surface area contributed by atoms with Crippen molar-refractivity contribution in [1.29, 1.82) is 0 Å². The normalized spacial score (nSPS) is 15.7. The molecule has 0 saturated heterocycles. The van der Waals surface area contributed by atoms with Gasteiger partial charge in [0, 0.05) is 61.0 Å². The maximum Gasteiger partial charge on any atom is 0.246 e. The highest BCUT2D eigenvalue weighted by molar-refractivity contribution is 7.18. The Kier molecular flexibility index (Phi) is 8.88. The number of fused-ring (bicyclic) bond motifs is 3. The molecule has 0 aliphatic carbocycles. The largest absolute Gasteiger partial charge is 0.492 e. The number of hydrogen-bond donors (Lipinski definition) is 0. The van der Waals surface area contributed by atoms with Crippen LogP contribution >= 0.6 is 22.9 Å². The van der Waals surface area contributed by atoms with Crippen molar-refractivity contribution in [3.63, 3.8) is 0 Å². The third kappa shape index (κ3) is 5.83. The van der Waals surface area contributed by atoms with E-state index in [9.17, 15) is 14.0 Å². The average Bonchev–Trinajstić information content (AvgIpc) is 3.83. The minimum Gasteiger partial charge on any atom is -0.492 e. The molecular formula is C37H34ClF2N7O3S. The average molecular weight is 730 g/mol. The van der Waals surface area contributed by atoms with Crippen LogP contribution in [0.25, 0.3) is 54.9 Å². The lowest BCUT2D eigenvalue weighted by Crippen LogP contribution is -2.42. The molecule has 5 heterocycles. The van der Waals surface area contributed by atoms with E-state index in [1.54, 1.807) is 30.0 Å². The van der Waals surface area contributed by atoms with Crippen molar-refractivity contribution in [2.45, 2.75) is 32.4 Å². The minimum atomic E-state index is -0.881. The van der Waals surface area contributed by atoms with E-state index in [0.717, 1.165) is 34.1 Å². The van der Waals surface area contributed by atoms with Gasteiger partial charge in [-0.1, -0.05) is 24.2 Å². The van der Waals surface area contributed by atoms with E-state index in [1.807, 2.05) is 55.1 Å². The molecule has 2 aromatic carbocycles. The van der Waals surface area contributed by atoms with Gasteiger partial charge in [0.2, 0.25) is 11.8 Å². The summed E-state index contributed by atoms with van der Waals surface area (Å²) in [5.74, 6) is -2.26. The maximum absolute atomic E-state index is 16.3. The first-order valence-electron chi connectivity index (χ1n) is 16.3. The lowest BCUT2D eigenvalue weighted by atomic mass is 9.96. The molecule has 10 nitrogen and oxygen atoms in total. The molecule has 0 N–H and O–H groups in total. The van der Waals surface area contributed by atoms with Crippen LogP contribution in [-0.4, -0.2) is 73.2 Å². The number of benzene rings is 2. The highest BCUT2D eigenvalue weighted by atomic mass is 35.5. The molecule has 0 spiro atoms. The topological polar surface area (TPSA) is 98.4 Å². The van der Waals surface area contributed by atoms with Crippen LogP contribution in [-0.2, 0) is 16.6 Å². The van der Waals surface area contributed by atoms with Crippen LogP contribution in [0.1, 0.15) is 38.0 Å². The van der Waals surface area contributed by atoms with Gasteiger partial charge < -0.3 is 19.1 Å². The molecule has 0 fully saturated rings. The zero-order valence-corrected chi connectivity index (χ0v) is 30.1. The summed E-state index contributed by atoms with van der Waals surface area (Å²) >= 11 is 8.60. The molecule has 1 aliphatic rings. The lowest BCUT2D eigenvalue weighted by molar-refractivity contribution is -0.130. The molecule has 1 aliphatic heterocycles. The van der Waals surface area contributed by atoms with Gasteiger partial charge in [-0.05, 0) is 43.5 Å². The standard InChI is InChI=1S/C37H34ClF2N7O3S/c1-7-28(48)46-17-19(2)47-36(20(46)3)32(38)35(43-47)34-31(30-24(40)15-22(39)16-27(30)50-12-10-29(49)44(4)5)37-23(11-13-51-37)33(42-34)21-8-9-26-25(14-21)41-18-45(26)6/h7-9,11,13-16,18-20H,1,10,12,17H2,2-6H3/t19-,20+/m0/s1. The molecule has 51 heavy (non-hydrogen) atoms. The predicted octanol–water partition coefficient (Wildman–Crippen LogP) is 7.82. The zero-order chi connectivity index (χ0) is 36.3. The molecule has 14 heteroatoms. The summed E-state index contributed by atoms with van der Waals surface area (Å²) in [6.45, 7) is 7.70. The molecular weight excluding hydrogens is 696 g/mol. The van der Waals surface area contributed by atoms with E-state index in [-0.39, 0.29) is 58.6 Å². The number of thiophene rings is 1. The minimum absolute atomic E-state index is 0.00563. The second-order valence-electron chi connectivity index (χ2n) is 12.8. The Morgan fingerprint density at radius 1 is 1.12 bits per heavy atom. The van der Waals surface area contributed by atoms with E-state index in [2.05, 4.69) is 11.6 Å². The highest BCUT2D eigenvalue weighted by Crippen LogP contribution is 2.50. The monoisotopic (exact) mass is 729 g/mol. The van der Waals surface area contributed by atoms with Gasteiger partial charge in [0.05, 0.1) is 64.4 Å².